The van der Waals surface area contributed by atoms with E-state index in [0.29, 0.717) is 0 Å². The van der Waals surface area contributed by atoms with Crippen LogP contribution in [0.4, 0.5) is 0 Å². The molecule has 3 aliphatic rings. The van der Waals surface area contributed by atoms with E-state index >= 15 is 0 Å². The maximum Gasteiger partial charge on any atom is 0.318 e. The Bertz CT molecular complexity index is 677. The van der Waals surface area contributed by atoms with Gasteiger partial charge in [-0.25, -0.2) is 0 Å². The van der Waals surface area contributed by atoms with Crippen LogP contribution in [0.1, 0.15) is 161 Å². The highest BCUT2D eigenvalue weighted by Gasteiger charge is 2.45. The Labute approximate surface area is 216 Å². The van der Waals surface area contributed by atoms with Crippen LogP contribution in [-0.4, -0.2) is 11.1 Å². The van der Waals surface area contributed by atoms with Crippen LogP contribution in [0, 0.1) is 5.41 Å². The minimum atomic E-state index is -0.811. The second-order valence-electron chi connectivity index (χ2n) is 11.7. The van der Waals surface area contributed by atoms with E-state index in [1.54, 1.807) is 0 Å². The number of rotatable bonds is 5. The molecule has 0 atom stereocenters. The number of carboxylic acids is 1. The lowest BCUT2D eigenvalue weighted by molar-refractivity contribution is -0.144. The van der Waals surface area contributed by atoms with Crippen molar-refractivity contribution in [1.82, 2.24) is 0 Å². The van der Waals surface area contributed by atoms with E-state index in [0.717, 1.165) is 57.8 Å². The smallest absolute Gasteiger partial charge is 0.318 e. The van der Waals surface area contributed by atoms with Crippen LogP contribution >= 0.6 is 0 Å². The molecular formula is C33H54O2. The number of allylic oxidation sites excluding steroid dienone is 4. The fourth-order valence-electron chi connectivity index (χ4n) is 6.76. The van der Waals surface area contributed by atoms with Crippen molar-refractivity contribution in [3.63, 3.8) is 0 Å². The fourth-order valence-corrected chi connectivity index (χ4v) is 6.76. The first-order valence-electron chi connectivity index (χ1n) is 15.5. The second-order valence-corrected chi connectivity index (χ2v) is 11.7. The van der Waals surface area contributed by atoms with E-state index < -0.39 is 11.4 Å². The summed E-state index contributed by atoms with van der Waals surface area (Å²) in [6.07, 6.45) is 37.1. The van der Waals surface area contributed by atoms with Gasteiger partial charge in [0.25, 0.3) is 0 Å². The summed E-state index contributed by atoms with van der Waals surface area (Å²) in [4.78, 5) is 13.6. The van der Waals surface area contributed by atoms with Crippen molar-refractivity contribution in [2.75, 3.05) is 0 Å². The van der Waals surface area contributed by atoms with Gasteiger partial charge in [0, 0.05) is 0 Å². The van der Waals surface area contributed by atoms with Crippen LogP contribution in [0.2, 0.25) is 0 Å². The third-order valence-electron chi connectivity index (χ3n) is 8.92. The third kappa shape index (κ3) is 9.25. The molecule has 0 aromatic heterocycles. The largest absolute Gasteiger partial charge is 0.480 e. The summed E-state index contributed by atoms with van der Waals surface area (Å²) in [7, 11) is 0. The Kier molecular flexibility index (Phi) is 13.3. The van der Waals surface area contributed by atoms with E-state index in [2.05, 4.69) is 18.2 Å². The first-order valence-corrected chi connectivity index (χ1v) is 15.5. The molecule has 0 radical (unpaired) electrons. The molecule has 0 aromatic rings. The average molecular weight is 483 g/mol. The lowest BCUT2D eigenvalue weighted by Gasteiger charge is -2.37. The minimum absolute atomic E-state index is 0.567. The normalized spacial score (nSPS) is 27.7. The molecule has 2 nitrogen and oxygen atoms in total. The molecule has 0 bridgehead atoms. The number of carboxylic acid groups (broad SMARTS) is 1. The summed E-state index contributed by atoms with van der Waals surface area (Å²) in [5.74, 6) is -0.567. The molecule has 2 heteroatoms. The zero-order valence-electron chi connectivity index (χ0n) is 22.8. The van der Waals surface area contributed by atoms with Crippen LogP contribution in [0.15, 0.2) is 34.9 Å². The van der Waals surface area contributed by atoms with Gasteiger partial charge in [0.2, 0.25) is 0 Å². The molecule has 1 N–H and O–H groups in total. The van der Waals surface area contributed by atoms with Gasteiger partial charge in [-0.2, -0.15) is 0 Å². The number of hydrogen-bond acceptors (Lipinski definition) is 1. The van der Waals surface area contributed by atoms with Crippen molar-refractivity contribution < 1.29 is 9.90 Å². The van der Waals surface area contributed by atoms with Gasteiger partial charge in [0.1, 0.15) is 5.41 Å². The average Bonchev–Trinajstić information content (AvgIpc) is 2.88. The van der Waals surface area contributed by atoms with Crippen molar-refractivity contribution in [1.29, 1.82) is 0 Å². The predicted molar refractivity (Wildman–Crippen MR) is 150 cm³/mol. The van der Waals surface area contributed by atoms with Crippen LogP contribution in [0.3, 0.4) is 0 Å². The highest BCUT2D eigenvalue weighted by atomic mass is 16.4. The zero-order chi connectivity index (χ0) is 24.6. The van der Waals surface area contributed by atoms with E-state index in [1.807, 2.05) is 0 Å². The quantitative estimate of drug-likeness (QED) is 0.396. The van der Waals surface area contributed by atoms with Crippen molar-refractivity contribution in [3.8, 4) is 0 Å². The standard InChI is InChI=1S/C33H54O2/c34-32(35)33(30-24-18-12-6-2-7-13-19-25-30,31-26-20-14-8-3-9-15-21-27-31)28-29-22-16-10-4-1-5-11-17-23-29/h22,24,26H,1-21,23,25,27-28H2,(H,34,35)/b29-22+,30-24+,31-26+. The maximum atomic E-state index is 13.6. The molecule has 35 heavy (non-hydrogen) atoms. The molecule has 0 saturated heterocycles. The summed E-state index contributed by atoms with van der Waals surface area (Å²) in [6, 6.07) is 0. The minimum Gasteiger partial charge on any atom is -0.480 e. The highest BCUT2D eigenvalue weighted by molar-refractivity contribution is 5.83. The van der Waals surface area contributed by atoms with Crippen LogP contribution in [0.5, 0.6) is 0 Å². The molecule has 0 unspecified atom stereocenters. The number of aliphatic carboxylic acids is 1. The highest BCUT2D eigenvalue weighted by Crippen LogP contribution is 2.48. The Morgan fingerprint density at radius 3 is 1.37 bits per heavy atom. The molecule has 0 spiro atoms. The summed E-state index contributed by atoms with van der Waals surface area (Å²) in [6.45, 7) is 0. The van der Waals surface area contributed by atoms with E-state index in [9.17, 15) is 9.90 Å². The van der Waals surface area contributed by atoms with Crippen molar-refractivity contribution in [3.05, 3.63) is 34.9 Å². The summed E-state index contributed by atoms with van der Waals surface area (Å²) in [5, 5.41) is 11.2. The second kappa shape index (κ2) is 16.4. The molecule has 0 aliphatic heterocycles. The molecule has 3 aliphatic carbocycles. The Morgan fingerprint density at radius 2 is 0.914 bits per heavy atom. The van der Waals surface area contributed by atoms with E-state index in [1.165, 1.54) is 119 Å². The predicted octanol–water partition coefficient (Wildman–Crippen LogP) is 10.6. The van der Waals surface area contributed by atoms with Crippen LogP contribution in [0.25, 0.3) is 0 Å². The molecule has 198 valence electrons. The number of carbonyl (C=O) groups is 1. The Hall–Kier alpha value is -1.31. The molecular weight excluding hydrogens is 428 g/mol. The van der Waals surface area contributed by atoms with Crippen molar-refractivity contribution >= 4 is 5.97 Å². The van der Waals surface area contributed by atoms with E-state index in [4.69, 9.17) is 0 Å². The zero-order valence-corrected chi connectivity index (χ0v) is 22.8. The molecule has 0 amide bonds. The van der Waals surface area contributed by atoms with Crippen molar-refractivity contribution in [2.24, 2.45) is 5.41 Å². The van der Waals surface area contributed by atoms with Crippen molar-refractivity contribution in [2.45, 2.75) is 161 Å². The van der Waals surface area contributed by atoms with Gasteiger partial charge < -0.3 is 5.11 Å². The molecule has 3 rings (SSSR count). The van der Waals surface area contributed by atoms with Gasteiger partial charge in [-0.15, -0.1) is 0 Å². The molecule has 0 aromatic carbocycles. The monoisotopic (exact) mass is 482 g/mol. The van der Waals surface area contributed by atoms with Crippen LogP contribution in [-0.2, 0) is 4.79 Å². The van der Waals surface area contributed by atoms with Gasteiger partial charge in [-0.3, -0.25) is 4.79 Å². The van der Waals surface area contributed by atoms with Crippen LogP contribution < -0.4 is 0 Å². The van der Waals surface area contributed by atoms with Gasteiger partial charge in [0.05, 0.1) is 0 Å². The third-order valence-corrected chi connectivity index (χ3v) is 8.92. The Morgan fingerprint density at radius 1 is 0.543 bits per heavy atom. The van der Waals surface area contributed by atoms with Gasteiger partial charge in [-0.1, -0.05) is 112 Å². The van der Waals surface area contributed by atoms with Gasteiger partial charge in [0.15, 0.2) is 0 Å². The van der Waals surface area contributed by atoms with Gasteiger partial charge in [-0.05, 0) is 83.5 Å². The summed E-state index contributed by atoms with van der Waals surface area (Å²) >= 11 is 0. The molecule has 0 fully saturated rings. The lowest BCUT2D eigenvalue weighted by Crippen LogP contribution is -2.36. The first-order chi connectivity index (χ1) is 17.2. The Balaban J connectivity index is 2.01. The lowest BCUT2D eigenvalue weighted by atomic mass is 9.65. The van der Waals surface area contributed by atoms with E-state index in [-0.39, 0.29) is 0 Å². The van der Waals surface area contributed by atoms with Gasteiger partial charge >= 0.3 is 5.97 Å². The molecule has 0 saturated carbocycles. The SMILES string of the molecule is O=C(O)C(C/C1=C/CCCCCCCC1)(/C1=C/CCCCCCCC1)/C1=C/CCCCCCCC1. The molecule has 0 heterocycles. The summed E-state index contributed by atoms with van der Waals surface area (Å²) < 4.78 is 0. The first kappa shape index (κ1) is 28.3. The fraction of sp³-hybridized carbons (Fsp3) is 0.788. The topological polar surface area (TPSA) is 37.3 Å². The number of hydrogen-bond donors (Lipinski definition) is 1. The maximum absolute atomic E-state index is 13.6. The summed E-state index contributed by atoms with van der Waals surface area (Å²) in [5.41, 5.74) is 3.14.